The molecular formula is C15H14ClN3S. The van der Waals surface area contributed by atoms with Crippen LogP contribution < -0.4 is 11.3 Å². The zero-order valence-electron chi connectivity index (χ0n) is 10.7. The molecule has 0 saturated heterocycles. The minimum atomic E-state index is -0.0191. The molecule has 102 valence electrons. The second kappa shape index (κ2) is 5.89. The molecule has 1 aromatic carbocycles. The van der Waals surface area contributed by atoms with Crippen LogP contribution in [0.5, 0.6) is 0 Å². The highest BCUT2D eigenvalue weighted by Gasteiger charge is 2.13. The number of rotatable bonds is 4. The number of halogens is 1. The third-order valence-corrected chi connectivity index (χ3v) is 4.47. The largest absolute Gasteiger partial charge is 0.271 e. The van der Waals surface area contributed by atoms with E-state index in [0.717, 1.165) is 27.4 Å². The van der Waals surface area contributed by atoms with Crippen LogP contribution in [-0.4, -0.2) is 4.98 Å². The van der Waals surface area contributed by atoms with Crippen molar-refractivity contribution in [1.82, 2.24) is 10.4 Å². The van der Waals surface area contributed by atoms with E-state index in [1.165, 1.54) is 4.88 Å². The average molecular weight is 304 g/mol. The summed E-state index contributed by atoms with van der Waals surface area (Å²) in [6.45, 7) is 0. The van der Waals surface area contributed by atoms with E-state index in [-0.39, 0.29) is 6.04 Å². The summed E-state index contributed by atoms with van der Waals surface area (Å²) in [4.78, 5) is 5.87. The molecule has 5 heteroatoms. The number of hydrogen-bond acceptors (Lipinski definition) is 4. The molecule has 0 bridgehead atoms. The number of para-hydroxylation sites is 1. The topological polar surface area (TPSA) is 50.9 Å². The predicted molar refractivity (Wildman–Crippen MR) is 84.8 cm³/mol. The lowest BCUT2D eigenvalue weighted by atomic mass is 10.1. The van der Waals surface area contributed by atoms with E-state index in [9.17, 15) is 0 Å². The molecule has 1 atom stereocenters. The van der Waals surface area contributed by atoms with Crippen molar-refractivity contribution in [2.75, 3.05) is 0 Å². The molecule has 20 heavy (non-hydrogen) atoms. The lowest BCUT2D eigenvalue weighted by Crippen LogP contribution is -2.30. The second-order valence-electron chi connectivity index (χ2n) is 4.56. The zero-order valence-corrected chi connectivity index (χ0v) is 12.3. The van der Waals surface area contributed by atoms with Crippen molar-refractivity contribution < 1.29 is 0 Å². The number of hydrogen-bond donors (Lipinski definition) is 2. The number of fused-ring (bicyclic) bond motifs is 1. The molecule has 2 aromatic heterocycles. The van der Waals surface area contributed by atoms with Crippen molar-refractivity contribution in [2.24, 2.45) is 5.84 Å². The quantitative estimate of drug-likeness (QED) is 0.571. The van der Waals surface area contributed by atoms with Crippen LogP contribution in [0.3, 0.4) is 0 Å². The first kappa shape index (κ1) is 13.5. The molecule has 0 radical (unpaired) electrons. The van der Waals surface area contributed by atoms with E-state index in [4.69, 9.17) is 17.4 Å². The summed E-state index contributed by atoms with van der Waals surface area (Å²) in [6.07, 6.45) is 0.777. The van der Waals surface area contributed by atoms with Crippen LogP contribution in [0.4, 0.5) is 0 Å². The Kier molecular flexibility index (Phi) is 3.98. The Balaban J connectivity index is 1.90. The monoisotopic (exact) mass is 303 g/mol. The van der Waals surface area contributed by atoms with Gasteiger partial charge in [-0.1, -0.05) is 35.9 Å². The highest BCUT2D eigenvalue weighted by molar-refractivity contribution is 7.16. The molecule has 0 aliphatic heterocycles. The normalized spacial score (nSPS) is 12.7. The molecule has 1 unspecified atom stereocenters. The summed E-state index contributed by atoms with van der Waals surface area (Å²) in [6, 6.07) is 16.1. The summed E-state index contributed by atoms with van der Waals surface area (Å²) in [5.74, 6) is 5.69. The number of nitrogens with two attached hydrogens (primary N) is 1. The molecule has 3 rings (SSSR count). The van der Waals surface area contributed by atoms with Crippen molar-refractivity contribution in [3.63, 3.8) is 0 Å². The van der Waals surface area contributed by atoms with Gasteiger partial charge in [-0.05, 0) is 24.3 Å². The van der Waals surface area contributed by atoms with Crippen LogP contribution in [0.1, 0.15) is 16.6 Å². The molecule has 3 N–H and O–H groups in total. The van der Waals surface area contributed by atoms with Gasteiger partial charge in [0.1, 0.15) is 0 Å². The molecule has 0 spiro atoms. The van der Waals surface area contributed by atoms with Crippen molar-refractivity contribution in [3.8, 4) is 0 Å². The number of nitrogens with one attached hydrogen (secondary N) is 1. The van der Waals surface area contributed by atoms with Crippen LogP contribution in [-0.2, 0) is 6.42 Å². The smallest absolute Gasteiger partial charge is 0.0931 e. The fourth-order valence-corrected chi connectivity index (χ4v) is 3.32. The van der Waals surface area contributed by atoms with E-state index in [1.54, 1.807) is 11.3 Å². The molecule has 0 fully saturated rings. The molecule has 0 saturated carbocycles. The van der Waals surface area contributed by atoms with Gasteiger partial charge in [0.05, 0.1) is 21.6 Å². The fraction of sp³-hybridized carbons (Fsp3) is 0.133. The van der Waals surface area contributed by atoms with Gasteiger partial charge in [0.25, 0.3) is 0 Å². The van der Waals surface area contributed by atoms with Crippen molar-refractivity contribution in [3.05, 3.63) is 63.4 Å². The van der Waals surface area contributed by atoms with E-state index in [0.29, 0.717) is 0 Å². The number of thiophene rings is 1. The minimum Gasteiger partial charge on any atom is -0.271 e. The summed E-state index contributed by atoms with van der Waals surface area (Å²) >= 11 is 7.53. The van der Waals surface area contributed by atoms with Crippen LogP contribution in [0.15, 0.2) is 48.5 Å². The van der Waals surface area contributed by atoms with Gasteiger partial charge in [-0.3, -0.25) is 16.3 Å². The highest BCUT2D eigenvalue weighted by atomic mass is 35.5. The molecule has 0 amide bonds. The van der Waals surface area contributed by atoms with Gasteiger partial charge in [-0.25, -0.2) is 0 Å². The Morgan fingerprint density at radius 1 is 1.15 bits per heavy atom. The second-order valence-corrected chi connectivity index (χ2v) is 6.36. The first-order valence-electron chi connectivity index (χ1n) is 6.32. The van der Waals surface area contributed by atoms with E-state index >= 15 is 0 Å². The van der Waals surface area contributed by atoms with Gasteiger partial charge < -0.3 is 0 Å². The molecule has 0 aliphatic rings. The SMILES string of the molecule is NNC(Cc1ccc(Cl)s1)c1ccc2ccccc2n1. The molecule has 3 aromatic rings. The number of hydrazine groups is 1. The van der Waals surface area contributed by atoms with E-state index in [2.05, 4.69) is 22.5 Å². The minimum absolute atomic E-state index is 0.0191. The summed E-state index contributed by atoms with van der Waals surface area (Å²) in [5.41, 5.74) is 4.76. The Labute approximate surface area is 126 Å². The van der Waals surface area contributed by atoms with Gasteiger partial charge in [0, 0.05) is 16.7 Å². The first-order valence-corrected chi connectivity index (χ1v) is 7.52. The number of aromatic nitrogens is 1. The Morgan fingerprint density at radius 3 is 2.75 bits per heavy atom. The average Bonchev–Trinajstić information content (AvgIpc) is 2.89. The third-order valence-electron chi connectivity index (χ3n) is 3.21. The standard InChI is InChI=1S/C15H14ClN3S/c16-15-8-6-11(20-15)9-14(19-17)13-7-5-10-3-1-2-4-12(10)18-13/h1-8,14,19H,9,17H2. The molecule has 0 aliphatic carbocycles. The van der Waals surface area contributed by atoms with Crippen molar-refractivity contribution >= 4 is 33.8 Å². The molecule has 2 heterocycles. The maximum atomic E-state index is 5.96. The summed E-state index contributed by atoms with van der Waals surface area (Å²) in [5, 5.41) is 1.13. The van der Waals surface area contributed by atoms with E-state index < -0.39 is 0 Å². The fourth-order valence-electron chi connectivity index (χ4n) is 2.19. The molecule has 3 nitrogen and oxygen atoms in total. The van der Waals surface area contributed by atoms with Crippen molar-refractivity contribution in [1.29, 1.82) is 0 Å². The predicted octanol–water partition coefficient (Wildman–Crippen LogP) is 3.70. The van der Waals surface area contributed by atoms with Gasteiger partial charge in [0.2, 0.25) is 0 Å². The van der Waals surface area contributed by atoms with Crippen LogP contribution >= 0.6 is 22.9 Å². The lowest BCUT2D eigenvalue weighted by Gasteiger charge is -2.15. The van der Waals surface area contributed by atoms with Crippen LogP contribution in [0, 0.1) is 0 Å². The van der Waals surface area contributed by atoms with Gasteiger partial charge >= 0.3 is 0 Å². The summed E-state index contributed by atoms with van der Waals surface area (Å²) in [7, 11) is 0. The molecular weight excluding hydrogens is 290 g/mol. The number of pyridine rings is 1. The van der Waals surface area contributed by atoms with Crippen LogP contribution in [0.25, 0.3) is 10.9 Å². The zero-order chi connectivity index (χ0) is 13.9. The number of benzene rings is 1. The lowest BCUT2D eigenvalue weighted by molar-refractivity contribution is 0.543. The van der Waals surface area contributed by atoms with Gasteiger partial charge in [-0.2, -0.15) is 0 Å². The highest BCUT2D eigenvalue weighted by Crippen LogP contribution is 2.26. The van der Waals surface area contributed by atoms with Gasteiger partial charge in [-0.15, -0.1) is 11.3 Å². The Morgan fingerprint density at radius 2 is 2.00 bits per heavy atom. The van der Waals surface area contributed by atoms with Crippen LogP contribution in [0.2, 0.25) is 4.34 Å². The maximum Gasteiger partial charge on any atom is 0.0931 e. The maximum absolute atomic E-state index is 5.96. The van der Waals surface area contributed by atoms with Gasteiger partial charge in [0.15, 0.2) is 0 Å². The Bertz CT molecular complexity index is 726. The third kappa shape index (κ3) is 2.83. The number of nitrogens with zero attached hydrogens (tertiary/aromatic N) is 1. The van der Waals surface area contributed by atoms with E-state index in [1.807, 2.05) is 36.4 Å². The van der Waals surface area contributed by atoms with Crippen molar-refractivity contribution in [2.45, 2.75) is 12.5 Å². The summed E-state index contributed by atoms with van der Waals surface area (Å²) < 4.78 is 0.794. The first-order chi connectivity index (χ1) is 9.76. The Hall–Kier alpha value is -1.46.